The quantitative estimate of drug-likeness (QED) is 0.591. The van der Waals surface area contributed by atoms with E-state index in [1.54, 1.807) is 0 Å². The van der Waals surface area contributed by atoms with Crippen molar-refractivity contribution in [2.24, 2.45) is 0 Å². The van der Waals surface area contributed by atoms with Gasteiger partial charge in [0.2, 0.25) is 11.7 Å². The zero-order valence-electron chi connectivity index (χ0n) is 10.7. The van der Waals surface area contributed by atoms with Crippen LogP contribution in [-0.2, 0) is 4.74 Å². The molecule has 7 heteroatoms. The normalized spacial score (nSPS) is 11.9. The molecule has 100 valence electrons. The predicted molar refractivity (Wildman–Crippen MR) is 67.0 cm³/mol. The molecule has 0 saturated heterocycles. The molecule has 1 unspecified atom stereocenters. The lowest BCUT2D eigenvalue weighted by atomic mass is 10.3. The zero-order valence-corrected chi connectivity index (χ0v) is 10.7. The summed E-state index contributed by atoms with van der Waals surface area (Å²) in [5, 5.41) is 13.8. The van der Waals surface area contributed by atoms with Crippen LogP contribution in [0.3, 0.4) is 0 Å². The summed E-state index contributed by atoms with van der Waals surface area (Å²) >= 11 is 0. The van der Waals surface area contributed by atoms with Gasteiger partial charge in [-0.2, -0.15) is 4.98 Å². The lowest BCUT2D eigenvalue weighted by Gasteiger charge is -2.14. The third kappa shape index (κ3) is 3.85. The van der Waals surface area contributed by atoms with E-state index in [0.29, 0.717) is 19.1 Å². The van der Waals surface area contributed by atoms with E-state index in [0.717, 1.165) is 0 Å². The third-order valence-corrected chi connectivity index (χ3v) is 2.21. The molecular formula is C11H17N3O4. The second kappa shape index (κ2) is 6.75. The predicted octanol–water partition coefficient (Wildman–Crippen LogP) is 1.84. The second-order valence-corrected chi connectivity index (χ2v) is 3.68. The highest BCUT2D eigenvalue weighted by Crippen LogP contribution is 2.25. The first kappa shape index (κ1) is 14.2. The molecule has 0 aromatic carbocycles. The van der Waals surface area contributed by atoms with Crippen LogP contribution in [0, 0.1) is 10.1 Å². The number of methoxy groups -OCH3 is 1. The van der Waals surface area contributed by atoms with Crippen molar-refractivity contribution >= 4 is 11.5 Å². The van der Waals surface area contributed by atoms with Crippen LogP contribution in [0.5, 0.6) is 5.88 Å². The number of nitro groups is 1. The molecule has 0 saturated carbocycles. The standard InChI is InChI=1S/C11H17N3O4/c1-4-18-7-8(2)12-11-9(14(15)16)5-6-10(13-11)17-3/h5-6,8H,4,7H2,1-3H3,(H,12,13). The summed E-state index contributed by atoms with van der Waals surface area (Å²) in [7, 11) is 1.46. The molecule has 0 aliphatic rings. The monoisotopic (exact) mass is 255 g/mol. The van der Waals surface area contributed by atoms with Gasteiger partial charge in [-0.1, -0.05) is 0 Å². The van der Waals surface area contributed by atoms with Crippen LogP contribution < -0.4 is 10.1 Å². The molecule has 0 fully saturated rings. The molecule has 1 aromatic heterocycles. The van der Waals surface area contributed by atoms with E-state index in [4.69, 9.17) is 9.47 Å². The molecule has 0 radical (unpaired) electrons. The molecule has 0 amide bonds. The molecule has 1 rings (SSSR count). The van der Waals surface area contributed by atoms with Crippen molar-refractivity contribution in [3.05, 3.63) is 22.2 Å². The van der Waals surface area contributed by atoms with E-state index in [-0.39, 0.29) is 17.5 Å². The Kier molecular flexibility index (Phi) is 5.31. The highest BCUT2D eigenvalue weighted by molar-refractivity contribution is 5.57. The van der Waals surface area contributed by atoms with Crippen molar-refractivity contribution in [2.45, 2.75) is 19.9 Å². The van der Waals surface area contributed by atoms with Gasteiger partial charge in [0.1, 0.15) is 0 Å². The Bertz CT molecular complexity index is 411. The van der Waals surface area contributed by atoms with Crippen molar-refractivity contribution in [3.8, 4) is 5.88 Å². The molecule has 7 nitrogen and oxygen atoms in total. The Morgan fingerprint density at radius 1 is 1.56 bits per heavy atom. The lowest BCUT2D eigenvalue weighted by Crippen LogP contribution is -2.23. The van der Waals surface area contributed by atoms with E-state index >= 15 is 0 Å². The summed E-state index contributed by atoms with van der Waals surface area (Å²) in [6.45, 7) is 4.80. The van der Waals surface area contributed by atoms with Crippen molar-refractivity contribution in [1.29, 1.82) is 0 Å². The van der Waals surface area contributed by atoms with Gasteiger partial charge in [0.05, 0.1) is 18.6 Å². The molecular weight excluding hydrogens is 238 g/mol. The van der Waals surface area contributed by atoms with Gasteiger partial charge >= 0.3 is 5.69 Å². The summed E-state index contributed by atoms with van der Waals surface area (Å²) in [5.41, 5.74) is -0.0841. The zero-order chi connectivity index (χ0) is 13.5. The fourth-order valence-corrected chi connectivity index (χ4v) is 1.37. The number of nitrogens with one attached hydrogen (secondary N) is 1. The Morgan fingerprint density at radius 2 is 2.28 bits per heavy atom. The van der Waals surface area contributed by atoms with Gasteiger partial charge in [-0.3, -0.25) is 10.1 Å². The van der Waals surface area contributed by atoms with Crippen molar-refractivity contribution < 1.29 is 14.4 Å². The lowest BCUT2D eigenvalue weighted by molar-refractivity contribution is -0.384. The molecule has 1 aromatic rings. The van der Waals surface area contributed by atoms with E-state index in [1.165, 1.54) is 19.2 Å². The van der Waals surface area contributed by atoms with Gasteiger partial charge in [0.25, 0.3) is 0 Å². The average molecular weight is 255 g/mol. The van der Waals surface area contributed by atoms with Gasteiger partial charge in [0, 0.05) is 24.8 Å². The molecule has 0 aliphatic heterocycles. The van der Waals surface area contributed by atoms with Crippen LogP contribution in [0.2, 0.25) is 0 Å². The van der Waals surface area contributed by atoms with Crippen LogP contribution in [0.25, 0.3) is 0 Å². The van der Waals surface area contributed by atoms with E-state index in [1.807, 2.05) is 13.8 Å². The number of rotatable bonds is 7. The highest BCUT2D eigenvalue weighted by atomic mass is 16.6. The maximum atomic E-state index is 10.9. The molecule has 0 spiro atoms. The summed E-state index contributed by atoms with van der Waals surface area (Å²) in [6, 6.07) is 2.74. The first-order valence-corrected chi connectivity index (χ1v) is 5.62. The van der Waals surface area contributed by atoms with E-state index in [2.05, 4.69) is 10.3 Å². The number of aromatic nitrogens is 1. The van der Waals surface area contributed by atoms with Gasteiger partial charge in [-0.25, -0.2) is 0 Å². The van der Waals surface area contributed by atoms with Gasteiger partial charge < -0.3 is 14.8 Å². The first-order chi connectivity index (χ1) is 8.58. The Morgan fingerprint density at radius 3 is 2.83 bits per heavy atom. The van der Waals surface area contributed by atoms with E-state index in [9.17, 15) is 10.1 Å². The number of hydrogen-bond acceptors (Lipinski definition) is 6. The molecule has 1 heterocycles. The maximum absolute atomic E-state index is 10.9. The minimum Gasteiger partial charge on any atom is -0.481 e. The fraction of sp³-hybridized carbons (Fsp3) is 0.545. The topological polar surface area (TPSA) is 86.5 Å². The Hall–Kier alpha value is -1.89. The van der Waals surface area contributed by atoms with Crippen molar-refractivity contribution in [2.75, 3.05) is 25.6 Å². The van der Waals surface area contributed by atoms with Crippen molar-refractivity contribution in [1.82, 2.24) is 4.98 Å². The van der Waals surface area contributed by atoms with Crippen LogP contribution >= 0.6 is 0 Å². The number of nitrogens with zero attached hydrogens (tertiary/aromatic N) is 2. The number of hydrogen-bond donors (Lipinski definition) is 1. The first-order valence-electron chi connectivity index (χ1n) is 5.62. The highest BCUT2D eigenvalue weighted by Gasteiger charge is 2.18. The maximum Gasteiger partial charge on any atom is 0.311 e. The summed E-state index contributed by atoms with van der Waals surface area (Å²) < 4.78 is 10.2. The Labute approximate surface area is 105 Å². The van der Waals surface area contributed by atoms with Crippen LogP contribution in [0.1, 0.15) is 13.8 Å². The molecule has 1 N–H and O–H groups in total. The SMILES string of the molecule is CCOCC(C)Nc1nc(OC)ccc1[N+](=O)[O-]. The van der Waals surface area contributed by atoms with Crippen LogP contribution in [0.15, 0.2) is 12.1 Å². The van der Waals surface area contributed by atoms with E-state index < -0.39 is 4.92 Å². The van der Waals surface area contributed by atoms with Gasteiger partial charge in [-0.15, -0.1) is 0 Å². The second-order valence-electron chi connectivity index (χ2n) is 3.68. The number of pyridine rings is 1. The third-order valence-electron chi connectivity index (χ3n) is 2.21. The summed E-state index contributed by atoms with van der Waals surface area (Å²) in [4.78, 5) is 14.4. The fourth-order valence-electron chi connectivity index (χ4n) is 1.37. The summed E-state index contributed by atoms with van der Waals surface area (Å²) in [5.74, 6) is 0.512. The summed E-state index contributed by atoms with van der Waals surface area (Å²) in [6.07, 6.45) is 0. The molecule has 1 atom stereocenters. The van der Waals surface area contributed by atoms with Crippen molar-refractivity contribution in [3.63, 3.8) is 0 Å². The largest absolute Gasteiger partial charge is 0.481 e. The van der Waals surface area contributed by atoms with Gasteiger partial charge in [0.15, 0.2) is 0 Å². The molecule has 0 aliphatic carbocycles. The van der Waals surface area contributed by atoms with Gasteiger partial charge in [-0.05, 0) is 13.8 Å². The average Bonchev–Trinajstić information content (AvgIpc) is 2.35. The Balaban J connectivity index is 2.86. The number of anilines is 1. The number of ether oxygens (including phenoxy) is 2. The minimum atomic E-state index is -0.484. The van der Waals surface area contributed by atoms with Crippen LogP contribution in [-0.4, -0.2) is 36.3 Å². The molecule has 0 bridgehead atoms. The minimum absolute atomic E-state index is 0.0803. The van der Waals surface area contributed by atoms with Crippen LogP contribution in [0.4, 0.5) is 11.5 Å². The smallest absolute Gasteiger partial charge is 0.311 e. The molecule has 18 heavy (non-hydrogen) atoms.